The van der Waals surface area contributed by atoms with Crippen LogP contribution >= 0.6 is 0 Å². The Balaban J connectivity index is 2.47. The first-order chi connectivity index (χ1) is 5.83. The van der Waals surface area contributed by atoms with E-state index in [1.165, 1.54) is 12.4 Å². The number of hydrogen-bond acceptors (Lipinski definition) is 3. The first-order valence-electron chi connectivity index (χ1n) is 4.00. The molecule has 0 aliphatic rings. The van der Waals surface area contributed by atoms with Crippen molar-refractivity contribution in [3.05, 3.63) is 22.7 Å². The Morgan fingerprint density at radius 1 is 1.67 bits per heavy atom. The van der Waals surface area contributed by atoms with Crippen molar-refractivity contribution in [2.75, 3.05) is 6.61 Å². The number of aromatic amines is 1. The van der Waals surface area contributed by atoms with E-state index in [1.54, 1.807) is 0 Å². The van der Waals surface area contributed by atoms with E-state index < -0.39 is 0 Å². The van der Waals surface area contributed by atoms with Gasteiger partial charge >= 0.3 is 0 Å². The van der Waals surface area contributed by atoms with Crippen LogP contribution in [0.4, 0.5) is 0 Å². The zero-order chi connectivity index (χ0) is 8.81. The number of unbranched alkanes of at least 4 members (excludes halogenated alkanes) is 1. The fourth-order valence-corrected chi connectivity index (χ4v) is 0.751. The summed E-state index contributed by atoms with van der Waals surface area (Å²) in [6, 6.07) is 1.34. The number of aromatic nitrogens is 2. The minimum atomic E-state index is -0.184. The molecule has 0 aliphatic carbocycles. The molecular formula is C8H12N2O2. The average Bonchev–Trinajstić information content (AvgIpc) is 2.05. The summed E-state index contributed by atoms with van der Waals surface area (Å²) in [5, 5.41) is 0. The van der Waals surface area contributed by atoms with Crippen LogP contribution in [0.25, 0.3) is 0 Å². The average molecular weight is 168 g/mol. The molecule has 0 aliphatic heterocycles. The molecule has 0 atom stereocenters. The lowest BCUT2D eigenvalue weighted by molar-refractivity contribution is 0.297. The van der Waals surface area contributed by atoms with Crippen molar-refractivity contribution in [2.24, 2.45) is 0 Å². The second-order valence-electron chi connectivity index (χ2n) is 2.45. The molecule has 0 aromatic carbocycles. The van der Waals surface area contributed by atoms with Gasteiger partial charge < -0.3 is 9.72 Å². The number of ether oxygens (including phenoxy) is 1. The first-order valence-corrected chi connectivity index (χ1v) is 4.00. The molecule has 0 amide bonds. The van der Waals surface area contributed by atoms with Gasteiger partial charge in [-0.3, -0.25) is 4.79 Å². The maximum Gasteiger partial charge on any atom is 0.254 e. The topological polar surface area (TPSA) is 55.0 Å². The molecule has 12 heavy (non-hydrogen) atoms. The lowest BCUT2D eigenvalue weighted by Gasteiger charge is -2.01. The summed E-state index contributed by atoms with van der Waals surface area (Å²) in [5.74, 6) is 0.396. The van der Waals surface area contributed by atoms with Gasteiger partial charge in [0.25, 0.3) is 5.56 Å². The summed E-state index contributed by atoms with van der Waals surface area (Å²) < 4.78 is 5.20. The highest BCUT2D eigenvalue weighted by molar-refractivity contribution is 5.04. The summed E-state index contributed by atoms with van der Waals surface area (Å²) in [7, 11) is 0. The highest BCUT2D eigenvalue weighted by Gasteiger charge is 1.93. The minimum absolute atomic E-state index is 0.184. The Morgan fingerprint density at radius 3 is 3.17 bits per heavy atom. The fraction of sp³-hybridized carbons (Fsp3) is 0.500. The highest BCUT2D eigenvalue weighted by Crippen LogP contribution is 1.99. The lowest BCUT2D eigenvalue weighted by Crippen LogP contribution is -2.07. The van der Waals surface area contributed by atoms with Crippen LogP contribution in [0.5, 0.6) is 5.88 Å². The van der Waals surface area contributed by atoms with Gasteiger partial charge in [0.2, 0.25) is 5.88 Å². The predicted molar refractivity (Wildman–Crippen MR) is 45.3 cm³/mol. The highest BCUT2D eigenvalue weighted by atomic mass is 16.5. The zero-order valence-corrected chi connectivity index (χ0v) is 7.04. The van der Waals surface area contributed by atoms with Crippen molar-refractivity contribution in [2.45, 2.75) is 19.8 Å². The summed E-state index contributed by atoms with van der Waals surface area (Å²) in [5.41, 5.74) is -0.184. The van der Waals surface area contributed by atoms with Crippen molar-refractivity contribution in [3.63, 3.8) is 0 Å². The molecule has 0 unspecified atom stereocenters. The summed E-state index contributed by atoms with van der Waals surface area (Å²) in [6.07, 6.45) is 3.39. The van der Waals surface area contributed by atoms with Crippen LogP contribution in [0.2, 0.25) is 0 Å². The Morgan fingerprint density at radius 2 is 2.50 bits per heavy atom. The number of nitrogens with one attached hydrogen (secondary N) is 1. The third-order valence-corrected chi connectivity index (χ3v) is 1.40. The number of H-pyrrole nitrogens is 1. The van der Waals surface area contributed by atoms with Crippen LogP contribution < -0.4 is 10.3 Å². The number of nitrogens with zero attached hydrogens (tertiary/aromatic N) is 1. The van der Waals surface area contributed by atoms with Crippen LogP contribution in [0.1, 0.15) is 19.8 Å². The van der Waals surface area contributed by atoms with Crippen molar-refractivity contribution in [1.29, 1.82) is 0 Å². The third kappa shape index (κ3) is 2.74. The van der Waals surface area contributed by atoms with Crippen LogP contribution in [0.3, 0.4) is 0 Å². The normalized spacial score (nSPS) is 9.75. The predicted octanol–water partition coefficient (Wildman–Crippen LogP) is 0.949. The lowest BCUT2D eigenvalue weighted by atomic mass is 10.4. The van der Waals surface area contributed by atoms with Crippen LogP contribution in [-0.4, -0.2) is 16.6 Å². The van der Waals surface area contributed by atoms with Crippen LogP contribution in [-0.2, 0) is 0 Å². The van der Waals surface area contributed by atoms with E-state index >= 15 is 0 Å². The van der Waals surface area contributed by atoms with Crippen LogP contribution in [0, 0.1) is 0 Å². The molecule has 1 heterocycles. The van der Waals surface area contributed by atoms with Gasteiger partial charge in [0, 0.05) is 0 Å². The van der Waals surface area contributed by atoms with E-state index in [2.05, 4.69) is 16.9 Å². The number of hydrogen-bond donors (Lipinski definition) is 1. The summed E-state index contributed by atoms with van der Waals surface area (Å²) in [4.78, 5) is 17.0. The SMILES string of the molecule is CCCCOc1cc(=O)[nH]cn1. The Kier molecular flexibility index (Phi) is 3.32. The molecule has 1 aromatic rings. The van der Waals surface area contributed by atoms with Gasteiger partial charge in [0.1, 0.15) is 0 Å². The molecule has 0 spiro atoms. The van der Waals surface area contributed by atoms with Gasteiger partial charge in [-0.15, -0.1) is 0 Å². The molecule has 1 N–H and O–H groups in total. The van der Waals surface area contributed by atoms with Gasteiger partial charge in [-0.25, -0.2) is 4.98 Å². The van der Waals surface area contributed by atoms with E-state index in [0.29, 0.717) is 12.5 Å². The molecule has 4 heteroatoms. The second-order valence-corrected chi connectivity index (χ2v) is 2.45. The second kappa shape index (κ2) is 4.54. The molecule has 0 fully saturated rings. The first kappa shape index (κ1) is 8.77. The Labute approximate surface area is 70.6 Å². The van der Waals surface area contributed by atoms with E-state index in [4.69, 9.17) is 4.74 Å². The van der Waals surface area contributed by atoms with Gasteiger partial charge in [0.15, 0.2) is 0 Å². The summed E-state index contributed by atoms with van der Waals surface area (Å²) in [6.45, 7) is 2.70. The molecule has 1 aromatic heterocycles. The maximum absolute atomic E-state index is 10.7. The summed E-state index contributed by atoms with van der Waals surface area (Å²) >= 11 is 0. The van der Waals surface area contributed by atoms with Crippen molar-refractivity contribution >= 4 is 0 Å². The van der Waals surface area contributed by atoms with Crippen molar-refractivity contribution in [1.82, 2.24) is 9.97 Å². The molecule has 0 saturated heterocycles. The molecule has 0 bridgehead atoms. The maximum atomic E-state index is 10.7. The third-order valence-electron chi connectivity index (χ3n) is 1.40. The van der Waals surface area contributed by atoms with Crippen molar-refractivity contribution in [3.8, 4) is 5.88 Å². The monoisotopic (exact) mass is 168 g/mol. The standard InChI is InChI=1S/C8H12N2O2/c1-2-3-4-12-8-5-7(11)9-6-10-8/h5-6H,2-4H2,1H3,(H,9,10,11). The van der Waals surface area contributed by atoms with E-state index in [-0.39, 0.29) is 5.56 Å². The Bertz CT molecular complexity index is 282. The van der Waals surface area contributed by atoms with Gasteiger partial charge in [-0.05, 0) is 6.42 Å². The van der Waals surface area contributed by atoms with E-state index in [0.717, 1.165) is 12.8 Å². The van der Waals surface area contributed by atoms with Gasteiger partial charge in [0.05, 0.1) is 19.0 Å². The largest absolute Gasteiger partial charge is 0.477 e. The molecule has 4 nitrogen and oxygen atoms in total. The molecule has 66 valence electrons. The van der Waals surface area contributed by atoms with Crippen molar-refractivity contribution < 1.29 is 4.74 Å². The van der Waals surface area contributed by atoms with Crippen LogP contribution in [0.15, 0.2) is 17.2 Å². The number of rotatable bonds is 4. The van der Waals surface area contributed by atoms with Gasteiger partial charge in [-0.1, -0.05) is 13.3 Å². The van der Waals surface area contributed by atoms with Gasteiger partial charge in [-0.2, -0.15) is 0 Å². The minimum Gasteiger partial charge on any atom is -0.477 e. The fourth-order valence-electron chi connectivity index (χ4n) is 0.751. The molecular weight excluding hydrogens is 156 g/mol. The van der Waals surface area contributed by atoms with E-state index in [1.807, 2.05) is 0 Å². The molecule has 1 rings (SSSR count). The zero-order valence-electron chi connectivity index (χ0n) is 7.04. The molecule has 0 saturated carbocycles. The molecule has 0 radical (unpaired) electrons. The Hall–Kier alpha value is -1.32. The van der Waals surface area contributed by atoms with E-state index in [9.17, 15) is 4.79 Å². The quantitative estimate of drug-likeness (QED) is 0.681. The smallest absolute Gasteiger partial charge is 0.254 e.